The predicted molar refractivity (Wildman–Crippen MR) is 95.8 cm³/mol. The summed E-state index contributed by atoms with van der Waals surface area (Å²) >= 11 is 0. The van der Waals surface area contributed by atoms with Crippen LogP contribution in [0, 0.1) is 0 Å². The fraction of sp³-hybridized carbons (Fsp3) is 0.368. The van der Waals surface area contributed by atoms with Crippen molar-refractivity contribution in [3.63, 3.8) is 0 Å². The van der Waals surface area contributed by atoms with E-state index >= 15 is 0 Å². The number of ether oxygens (including phenoxy) is 2. The highest BCUT2D eigenvalue weighted by atomic mass is 19.4. The number of hydrogen-bond acceptors (Lipinski definition) is 6. The summed E-state index contributed by atoms with van der Waals surface area (Å²) in [5.74, 6) is -0.544. The van der Waals surface area contributed by atoms with E-state index in [4.69, 9.17) is 9.47 Å². The van der Waals surface area contributed by atoms with Crippen LogP contribution >= 0.6 is 0 Å². The quantitative estimate of drug-likeness (QED) is 0.759. The number of rotatable bonds is 6. The van der Waals surface area contributed by atoms with Gasteiger partial charge in [-0.25, -0.2) is 4.79 Å². The molecule has 0 bridgehead atoms. The van der Waals surface area contributed by atoms with Crippen molar-refractivity contribution in [1.29, 1.82) is 0 Å². The Morgan fingerprint density at radius 2 is 2.04 bits per heavy atom. The normalized spacial score (nSPS) is 16.4. The number of nitrogens with zero attached hydrogens (tertiary/aromatic N) is 2. The molecule has 9 heteroatoms. The molecule has 150 valence electrons. The topological polar surface area (TPSA) is 63.7 Å². The molecule has 1 saturated heterocycles. The summed E-state index contributed by atoms with van der Waals surface area (Å²) in [5.41, 5.74) is -0.142. The summed E-state index contributed by atoms with van der Waals surface area (Å²) in [6, 6.07) is 8.14. The van der Waals surface area contributed by atoms with Gasteiger partial charge in [0.1, 0.15) is 12.8 Å². The van der Waals surface area contributed by atoms with Gasteiger partial charge in [-0.1, -0.05) is 6.07 Å². The van der Waals surface area contributed by atoms with Gasteiger partial charge >= 0.3 is 12.1 Å². The molecule has 2 aromatic rings. The lowest BCUT2D eigenvalue weighted by atomic mass is 10.2. The molecule has 0 amide bonds. The van der Waals surface area contributed by atoms with E-state index in [0.717, 1.165) is 12.1 Å². The summed E-state index contributed by atoms with van der Waals surface area (Å²) in [4.78, 5) is 18.0. The third kappa shape index (κ3) is 5.43. The second-order valence-electron chi connectivity index (χ2n) is 6.23. The van der Waals surface area contributed by atoms with Crippen LogP contribution in [-0.2, 0) is 15.7 Å². The van der Waals surface area contributed by atoms with Crippen molar-refractivity contribution in [2.45, 2.75) is 12.3 Å². The van der Waals surface area contributed by atoms with E-state index in [9.17, 15) is 18.0 Å². The number of benzene rings is 1. The van der Waals surface area contributed by atoms with Crippen LogP contribution in [0.25, 0.3) is 0 Å². The van der Waals surface area contributed by atoms with E-state index in [1.807, 2.05) is 4.90 Å². The van der Waals surface area contributed by atoms with Crippen LogP contribution in [0.3, 0.4) is 0 Å². The van der Waals surface area contributed by atoms with Crippen LogP contribution in [0.2, 0.25) is 0 Å². The Hall–Kier alpha value is -2.65. The third-order valence-corrected chi connectivity index (χ3v) is 4.28. The number of hydrogen-bond donors (Lipinski definition) is 1. The maximum Gasteiger partial charge on any atom is 0.416 e. The minimum Gasteiger partial charge on any atom is -0.458 e. The van der Waals surface area contributed by atoms with Crippen LogP contribution in [0.1, 0.15) is 15.9 Å². The zero-order valence-corrected chi connectivity index (χ0v) is 15.0. The van der Waals surface area contributed by atoms with Crippen molar-refractivity contribution in [3.05, 3.63) is 59.9 Å². The minimum atomic E-state index is -4.43. The smallest absolute Gasteiger partial charge is 0.416 e. The van der Waals surface area contributed by atoms with E-state index in [1.54, 1.807) is 24.4 Å². The van der Waals surface area contributed by atoms with Gasteiger partial charge in [0.2, 0.25) is 0 Å². The molecule has 2 heterocycles. The first-order valence-electron chi connectivity index (χ1n) is 8.76. The van der Waals surface area contributed by atoms with Gasteiger partial charge in [0.15, 0.2) is 0 Å². The zero-order valence-electron chi connectivity index (χ0n) is 15.0. The molecule has 1 aliphatic heterocycles. The van der Waals surface area contributed by atoms with Crippen molar-refractivity contribution in [2.24, 2.45) is 0 Å². The Labute approximate surface area is 160 Å². The number of morpholine rings is 1. The third-order valence-electron chi connectivity index (χ3n) is 4.28. The molecule has 28 heavy (non-hydrogen) atoms. The van der Waals surface area contributed by atoms with Gasteiger partial charge in [-0.2, -0.15) is 13.2 Å². The number of nitrogens with one attached hydrogen (secondary N) is 1. The molecule has 1 aromatic carbocycles. The van der Waals surface area contributed by atoms with Gasteiger partial charge < -0.3 is 14.8 Å². The van der Waals surface area contributed by atoms with Crippen molar-refractivity contribution in [3.8, 4) is 0 Å². The number of halogens is 3. The number of esters is 1. The first kappa shape index (κ1) is 20.1. The van der Waals surface area contributed by atoms with Gasteiger partial charge in [-0.05, 0) is 30.3 Å². The van der Waals surface area contributed by atoms with Crippen molar-refractivity contribution < 1.29 is 27.4 Å². The predicted octanol–water partition coefficient (Wildman–Crippen LogP) is 3.03. The van der Waals surface area contributed by atoms with Crippen LogP contribution in [-0.4, -0.2) is 54.9 Å². The fourth-order valence-electron chi connectivity index (χ4n) is 2.83. The van der Waals surface area contributed by atoms with E-state index in [-0.39, 0.29) is 6.61 Å². The first-order chi connectivity index (χ1) is 13.4. The summed E-state index contributed by atoms with van der Waals surface area (Å²) in [7, 11) is 0. The molecule has 6 nitrogen and oxygen atoms in total. The molecule has 1 aromatic heterocycles. The number of alkyl halides is 3. The van der Waals surface area contributed by atoms with Crippen LogP contribution in [0.15, 0.2) is 48.8 Å². The Kier molecular flexibility index (Phi) is 6.48. The maximum absolute atomic E-state index is 13.0. The first-order valence-corrected chi connectivity index (χ1v) is 8.76. The zero-order chi connectivity index (χ0) is 20.0. The second-order valence-corrected chi connectivity index (χ2v) is 6.23. The second kappa shape index (κ2) is 9.03. The Bertz CT molecular complexity index is 781. The van der Waals surface area contributed by atoms with Gasteiger partial charge in [-0.3, -0.25) is 9.88 Å². The largest absolute Gasteiger partial charge is 0.458 e. The molecule has 1 atom stereocenters. The Morgan fingerprint density at radius 3 is 2.71 bits per heavy atom. The van der Waals surface area contributed by atoms with E-state index in [2.05, 4.69) is 10.3 Å². The molecule has 0 aliphatic carbocycles. The number of anilines is 1. The minimum absolute atomic E-state index is 0.0377. The summed E-state index contributed by atoms with van der Waals surface area (Å²) in [6.07, 6.45) is -1.98. The molecule has 1 unspecified atom stereocenters. The number of carbonyl (C=O) groups excluding carboxylic acids is 1. The molecule has 0 radical (unpaired) electrons. The Balaban J connectivity index is 1.71. The van der Waals surface area contributed by atoms with Crippen LogP contribution < -0.4 is 5.32 Å². The lowest BCUT2D eigenvalue weighted by Gasteiger charge is -2.35. The molecule has 3 rings (SSSR count). The molecule has 0 saturated carbocycles. The van der Waals surface area contributed by atoms with Gasteiger partial charge in [-0.15, -0.1) is 0 Å². The SMILES string of the molecule is O=C(OCC(Nc1cccc(C(F)(F)F)c1)N1CCOCC1)c1cccnc1. The fourth-order valence-corrected chi connectivity index (χ4v) is 2.83. The van der Waals surface area contributed by atoms with Gasteiger partial charge in [0, 0.05) is 31.2 Å². The highest BCUT2D eigenvalue weighted by molar-refractivity contribution is 5.88. The maximum atomic E-state index is 13.0. The highest BCUT2D eigenvalue weighted by Gasteiger charge is 2.31. The Morgan fingerprint density at radius 1 is 1.25 bits per heavy atom. The molecule has 1 aliphatic rings. The van der Waals surface area contributed by atoms with Gasteiger partial charge in [0.05, 0.1) is 24.3 Å². The average molecular weight is 395 g/mol. The lowest BCUT2D eigenvalue weighted by molar-refractivity contribution is -0.137. The molecule has 1 N–H and O–H groups in total. The summed E-state index contributed by atoms with van der Waals surface area (Å²) in [6.45, 7) is 2.10. The van der Waals surface area contributed by atoms with Crippen molar-refractivity contribution in [1.82, 2.24) is 9.88 Å². The van der Waals surface area contributed by atoms with Crippen LogP contribution in [0.4, 0.5) is 18.9 Å². The molecule has 0 spiro atoms. The van der Waals surface area contributed by atoms with Gasteiger partial charge in [0.25, 0.3) is 0 Å². The molecule has 1 fully saturated rings. The van der Waals surface area contributed by atoms with E-state index < -0.39 is 23.9 Å². The number of pyridine rings is 1. The average Bonchev–Trinajstić information content (AvgIpc) is 2.72. The van der Waals surface area contributed by atoms with Crippen molar-refractivity contribution in [2.75, 3.05) is 38.2 Å². The van der Waals surface area contributed by atoms with Crippen LogP contribution in [0.5, 0.6) is 0 Å². The standard InChI is InChI=1S/C19H20F3N3O3/c20-19(21,22)15-4-1-5-16(11-15)24-17(25-7-9-27-10-8-25)13-28-18(26)14-3-2-6-23-12-14/h1-6,11-12,17,24H,7-10,13H2. The number of aromatic nitrogens is 1. The number of carbonyl (C=O) groups is 1. The molecular formula is C19H20F3N3O3. The lowest BCUT2D eigenvalue weighted by Crippen LogP contribution is -2.49. The van der Waals surface area contributed by atoms with E-state index in [1.165, 1.54) is 12.3 Å². The summed E-state index contributed by atoms with van der Waals surface area (Å²) in [5, 5.41) is 3.05. The monoisotopic (exact) mass is 395 g/mol. The highest BCUT2D eigenvalue weighted by Crippen LogP contribution is 2.31. The molecular weight excluding hydrogens is 375 g/mol. The van der Waals surface area contributed by atoms with E-state index in [0.29, 0.717) is 37.6 Å². The van der Waals surface area contributed by atoms with Crippen molar-refractivity contribution >= 4 is 11.7 Å². The summed E-state index contributed by atoms with van der Waals surface area (Å²) < 4.78 is 49.6.